The second-order valence-electron chi connectivity index (χ2n) is 6.06. The number of anilines is 2. The molecule has 0 radical (unpaired) electrons. The second kappa shape index (κ2) is 8.30. The summed E-state index contributed by atoms with van der Waals surface area (Å²) in [5.41, 5.74) is 0.363. The monoisotopic (exact) mass is 383 g/mol. The van der Waals surface area contributed by atoms with Crippen LogP contribution < -0.4 is 10.2 Å². The van der Waals surface area contributed by atoms with E-state index >= 15 is 0 Å². The van der Waals surface area contributed by atoms with E-state index in [1.807, 2.05) is 0 Å². The van der Waals surface area contributed by atoms with Gasteiger partial charge < -0.3 is 15.0 Å². The molecule has 1 saturated heterocycles. The van der Waals surface area contributed by atoms with Gasteiger partial charge in [0.15, 0.2) is 6.61 Å². The van der Waals surface area contributed by atoms with Crippen LogP contribution in [0.25, 0.3) is 0 Å². The third kappa shape index (κ3) is 4.14. The number of esters is 1. The van der Waals surface area contributed by atoms with Crippen LogP contribution in [0.4, 0.5) is 17.1 Å². The van der Waals surface area contributed by atoms with Crippen molar-refractivity contribution in [2.45, 2.75) is 12.8 Å². The summed E-state index contributed by atoms with van der Waals surface area (Å²) in [5, 5.41) is 13.3. The van der Waals surface area contributed by atoms with E-state index in [1.54, 1.807) is 18.2 Å². The zero-order valence-corrected chi connectivity index (χ0v) is 14.8. The van der Waals surface area contributed by atoms with Crippen molar-refractivity contribution < 1.29 is 24.0 Å². The third-order valence-electron chi connectivity index (χ3n) is 4.20. The predicted molar refractivity (Wildman–Crippen MR) is 100 cm³/mol. The third-order valence-corrected chi connectivity index (χ3v) is 4.20. The molecule has 1 heterocycles. The van der Waals surface area contributed by atoms with Crippen LogP contribution in [0.15, 0.2) is 48.5 Å². The van der Waals surface area contributed by atoms with Gasteiger partial charge in [-0.15, -0.1) is 0 Å². The molecule has 1 fully saturated rings. The Morgan fingerprint density at radius 3 is 2.57 bits per heavy atom. The van der Waals surface area contributed by atoms with Crippen molar-refractivity contribution >= 4 is 34.8 Å². The Kier molecular flexibility index (Phi) is 5.64. The van der Waals surface area contributed by atoms with Gasteiger partial charge in [-0.2, -0.15) is 0 Å². The van der Waals surface area contributed by atoms with E-state index in [9.17, 15) is 24.5 Å². The van der Waals surface area contributed by atoms with Crippen LogP contribution in [-0.4, -0.2) is 35.9 Å². The van der Waals surface area contributed by atoms with Crippen LogP contribution in [0.1, 0.15) is 23.2 Å². The van der Waals surface area contributed by atoms with Crippen LogP contribution in [0, 0.1) is 10.1 Å². The maximum absolute atomic E-state index is 12.4. The quantitative estimate of drug-likeness (QED) is 0.465. The minimum absolute atomic E-state index is 0.0108. The topological polar surface area (TPSA) is 119 Å². The molecule has 1 aliphatic heterocycles. The fraction of sp³-hybridized carbons (Fsp3) is 0.211. The molecular weight excluding hydrogens is 366 g/mol. The molecule has 28 heavy (non-hydrogen) atoms. The number of nitrogens with zero attached hydrogens (tertiary/aromatic N) is 2. The van der Waals surface area contributed by atoms with Crippen LogP contribution >= 0.6 is 0 Å². The summed E-state index contributed by atoms with van der Waals surface area (Å²) in [7, 11) is 0. The highest BCUT2D eigenvalue weighted by atomic mass is 16.6. The molecule has 9 nitrogen and oxygen atoms in total. The van der Waals surface area contributed by atoms with Gasteiger partial charge in [-0.25, -0.2) is 4.79 Å². The Bertz CT molecular complexity index is 943. The van der Waals surface area contributed by atoms with Crippen LogP contribution in [0.5, 0.6) is 0 Å². The summed E-state index contributed by atoms with van der Waals surface area (Å²) >= 11 is 0. The van der Waals surface area contributed by atoms with Gasteiger partial charge in [-0.05, 0) is 24.6 Å². The van der Waals surface area contributed by atoms with Crippen molar-refractivity contribution in [3.63, 3.8) is 0 Å². The van der Waals surface area contributed by atoms with Gasteiger partial charge in [0, 0.05) is 19.0 Å². The van der Waals surface area contributed by atoms with E-state index in [0.717, 1.165) is 0 Å². The summed E-state index contributed by atoms with van der Waals surface area (Å²) < 4.78 is 5.04. The van der Waals surface area contributed by atoms with Gasteiger partial charge in [0.05, 0.1) is 16.2 Å². The molecule has 0 atom stereocenters. The number of ether oxygens (including phenoxy) is 1. The SMILES string of the molecule is O=C(COC(=O)c1ccccc1N1CCCC1=O)Nc1ccccc1[N+](=O)[O-]. The van der Waals surface area contributed by atoms with Crippen LogP contribution in [-0.2, 0) is 14.3 Å². The summed E-state index contributed by atoms with van der Waals surface area (Å²) in [6, 6.07) is 12.2. The molecule has 1 N–H and O–H groups in total. The lowest BCUT2D eigenvalue weighted by atomic mass is 10.1. The highest BCUT2D eigenvalue weighted by Crippen LogP contribution is 2.26. The van der Waals surface area contributed by atoms with Crippen molar-refractivity contribution in [3.8, 4) is 0 Å². The molecule has 144 valence electrons. The summed E-state index contributed by atoms with van der Waals surface area (Å²) in [4.78, 5) is 48.3. The van der Waals surface area contributed by atoms with Crippen molar-refractivity contribution in [1.82, 2.24) is 0 Å². The average Bonchev–Trinajstić information content (AvgIpc) is 3.12. The summed E-state index contributed by atoms with van der Waals surface area (Å²) in [6.45, 7) is -0.103. The Morgan fingerprint density at radius 1 is 1.14 bits per heavy atom. The Labute approximate surface area is 160 Å². The number of para-hydroxylation sites is 3. The van der Waals surface area contributed by atoms with E-state index in [2.05, 4.69) is 5.32 Å². The lowest BCUT2D eigenvalue weighted by Crippen LogP contribution is -2.27. The van der Waals surface area contributed by atoms with Gasteiger partial charge >= 0.3 is 5.97 Å². The number of nitro groups is 1. The average molecular weight is 383 g/mol. The maximum Gasteiger partial charge on any atom is 0.340 e. The summed E-state index contributed by atoms with van der Waals surface area (Å²) in [6.07, 6.45) is 1.13. The highest BCUT2D eigenvalue weighted by Gasteiger charge is 2.26. The van der Waals surface area contributed by atoms with E-state index in [-0.39, 0.29) is 22.8 Å². The first-order valence-electron chi connectivity index (χ1n) is 8.57. The fourth-order valence-corrected chi connectivity index (χ4v) is 2.92. The van der Waals surface area contributed by atoms with E-state index in [4.69, 9.17) is 4.74 Å². The van der Waals surface area contributed by atoms with Crippen molar-refractivity contribution in [3.05, 3.63) is 64.2 Å². The van der Waals surface area contributed by atoms with Crippen molar-refractivity contribution in [2.75, 3.05) is 23.4 Å². The first kappa shape index (κ1) is 19.0. The molecule has 9 heteroatoms. The number of nitro benzene ring substituents is 1. The van der Waals surface area contributed by atoms with Gasteiger partial charge in [-0.3, -0.25) is 19.7 Å². The lowest BCUT2D eigenvalue weighted by molar-refractivity contribution is -0.383. The van der Waals surface area contributed by atoms with Crippen molar-refractivity contribution in [1.29, 1.82) is 0 Å². The molecule has 0 spiro atoms. The van der Waals surface area contributed by atoms with E-state index in [0.29, 0.717) is 25.1 Å². The number of rotatable bonds is 6. The van der Waals surface area contributed by atoms with Gasteiger partial charge in [0.1, 0.15) is 5.69 Å². The number of benzene rings is 2. The summed E-state index contributed by atoms with van der Waals surface area (Å²) in [5.74, 6) is -1.54. The number of nitrogens with one attached hydrogen (secondary N) is 1. The molecule has 3 rings (SSSR count). The molecule has 0 aliphatic carbocycles. The first-order chi connectivity index (χ1) is 13.5. The number of carbonyl (C=O) groups excluding carboxylic acids is 3. The number of carbonyl (C=O) groups is 3. The minimum atomic E-state index is -0.756. The molecule has 0 bridgehead atoms. The van der Waals surface area contributed by atoms with Gasteiger partial charge in [0.2, 0.25) is 5.91 Å². The molecule has 1 aliphatic rings. The molecule has 0 saturated carbocycles. The zero-order chi connectivity index (χ0) is 20.1. The Balaban J connectivity index is 1.66. The molecule has 2 amide bonds. The molecular formula is C19H17N3O6. The predicted octanol–water partition coefficient (Wildman–Crippen LogP) is 2.52. The number of hydrogen-bond acceptors (Lipinski definition) is 6. The van der Waals surface area contributed by atoms with E-state index in [1.165, 1.54) is 35.2 Å². The highest BCUT2D eigenvalue weighted by molar-refractivity contribution is 6.04. The number of hydrogen-bond donors (Lipinski definition) is 1. The zero-order valence-electron chi connectivity index (χ0n) is 14.8. The molecule has 2 aromatic rings. The van der Waals surface area contributed by atoms with Crippen LogP contribution in [0.3, 0.4) is 0 Å². The molecule has 2 aromatic carbocycles. The smallest absolute Gasteiger partial charge is 0.340 e. The lowest BCUT2D eigenvalue weighted by Gasteiger charge is -2.18. The number of amides is 2. The van der Waals surface area contributed by atoms with Crippen LogP contribution in [0.2, 0.25) is 0 Å². The first-order valence-corrected chi connectivity index (χ1v) is 8.57. The molecule has 0 aromatic heterocycles. The Hall–Kier alpha value is -3.75. The fourth-order valence-electron chi connectivity index (χ4n) is 2.92. The maximum atomic E-state index is 12.4. The van der Waals surface area contributed by atoms with Gasteiger partial charge in [-0.1, -0.05) is 24.3 Å². The van der Waals surface area contributed by atoms with Crippen molar-refractivity contribution in [2.24, 2.45) is 0 Å². The van der Waals surface area contributed by atoms with E-state index < -0.39 is 23.4 Å². The normalized spacial score (nSPS) is 13.3. The standard InChI is InChI=1S/C19H17N3O6/c23-17(20-14-7-2-4-9-16(14)22(26)27)12-28-19(25)13-6-1-3-8-15(13)21-11-5-10-18(21)24/h1-4,6-9H,5,10-12H2,(H,20,23). The minimum Gasteiger partial charge on any atom is -0.452 e. The Morgan fingerprint density at radius 2 is 1.86 bits per heavy atom. The van der Waals surface area contributed by atoms with Gasteiger partial charge in [0.25, 0.3) is 11.6 Å². The molecule has 0 unspecified atom stereocenters. The second-order valence-corrected chi connectivity index (χ2v) is 6.06. The largest absolute Gasteiger partial charge is 0.452 e.